The summed E-state index contributed by atoms with van der Waals surface area (Å²) in [6.07, 6.45) is 1.14. The molecule has 4 nitrogen and oxygen atoms in total. The summed E-state index contributed by atoms with van der Waals surface area (Å²) in [7, 11) is 0. The molecule has 4 heteroatoms. The maximum atomic E-state index is 11.1. The van der Waals surface area contributed by atoms with Gasteiger partial charge in [-0.05, 0) is 25.0 Å². The highest BCUT2D eigenvalue weighted by molar-refractivity contribution is 5.69. The van der Waals surface area contributed by atoms with Crippen molar-refractivity contribution in [3.05, 3.63) is 29.8 Å². The number of nitrogens with one attached hydrogen (secondary N) is 1. The number of para-hydroxylation sites is 1. The van der Waals surface area contributed by atoms with E-state index >= 15 is 0 Å². The van der Waals surface area contributed by atoms with E-state index in [9.17, 15) is 4.79 Å². The fourth-order valence-corrected chi connectivity index (χ4v) is 2.88. The highest BCUT2D eigenvalue weighted by Crippen LogP contribution is 2.27. The first-order valence-corrected chi connectivity index (χ1v) is 6.92. The Balaban J connectivity index is 2.33. The summed E-state index contributed by atoms with van der Waals surface area (Å²) in [5.74, 6) is -0.736. The van der Waals surface area contributed by atoms with Crippen LogP contribution in [-0.2, 0) is 11.2 Å². The van der Waals surface area contributed by atoms with Crippen LogP contribution in [-0.4, -0.2) is 36.2 Å². The molecule has 1 aromatic rings. The van der Waals surface area contributed by atoms with Gasteiger partial charge in [0, 0.05) is 24.8 Å². The van der Waals surface area contributed by atoms with Crippen molar-refractivity contribution in [3.8, 4) is 0 Å². The highest BCUT2D eigenvalue weighted by Gasteiger charge is 2.30. The van der Waals surface area contributed by atoms with Gasteiger partial charge in [-0.1, -0.05) is 25.1 Å². The summed E-state index contributed by atoms with van der Waals surface area (Å²) in [6, 6.07) is 8.64. The quantitative estimate of drug-likeness (QED) is 0.870. The van der Waals surface area contributed by atoms with Crippen molar-refractivity contribution in [1.82, 2.24) is 5.32 Å². The smallest absolute Gasteiger partial charge is 0.305 e. The number of rotatable bonds is 4. The number of hydrogen-bond acceptors (Lipinski definition) is 3. The van der Waals surface area contributed by atoms with Gasteiger partial charge in [0.15, 0.2) is 0 Å². The molecule has 0 spiro atoms. The van der Waals surface area contributed by atoms with E-state index in [1.54, 1.807) is 0 Å². The minimum atomic E-state index is -0.736. The Labute approximate surface area is 114 Å². The molecule has 1 aromatic carbocycles. The predicted octanol–water partition coefficient (Wildman–Crippen LogP) is 1.89. The third kappa shape index (κ3) is 3.07. The molecule has 1 fully saturated rings. The lowest BCUT2D eigenvalue weighted by Gasteiger charge is -2.43. The van der Waals surface area contributed by atoms with Crippen molar-refractivity contribution in [1.29, 1.82) is 0 Å². The number of nitrogens with zero attached hydrogens (tertiary/aromatic N) is 1. The number of hydrogen-bond donors (Lipinski definition) is 2. The van der Waals surface area contributed by atoms with Crippen LogP contribution in [0, 0.1) is 0 Å². The van der Waals surface area contributed by atoms with Crippen LogP contribution in [0.25, 0.3) is 0 Å². The molecular formula is C15H22N2O2. The molecule has 0 saturated carbocycles. The lowest BCUT2D eigenvalue weighted by molar-refractivity contribution is -0.137. The van der Waals surface area contributed by atoms with Gasteiger partial charge in [0.05, 0.1) is 12.5 Å². The molecule has 2 N–H and O–H groups in total. The molecule has 0 aromatic heterocycles. The normalized spacial score (nSPS) is 23.4. The molecule has 104 valence electrons. The summed E-state index contributed by atoms with van der Waals surface area (Å²) < 4.78 is 0. The zero-order valence-electron chi connectivity index (χ0n) is 11.6. The molecule has 1 heterocycles. The van der Waals surface area contributed by atoms with Crippen molar-refractivity contribution in [3.63, 3.8) is 0 Å². The molecule has 0 bridgehead atoms. The molecular weight excluding hydrogens is 240 g/mol. The first-order valence-electron chi connectivity index (χ1n) is 6.92. The van der Waals surface area contributed by atoms with Crippen molar-refractivity contribution in [2.75, 3.05) is 18.0 Å². The van der Waals surface area contributed by atoms with Gasteiger partial charge in [0.1, 0.15) is 0 Å². The summed E-state index contributed by atoms with van der Waals surface area (Å²) in [5, 5.41) is 12.4. The van der Waals surface area contributed by atoms with Crippen molar-refractivity contribution >= 4 is 11.7 Å². The number of carboxylic acid groups (broad SMARTS) is 1. The fourth-order valence-electron chi connectivity index (χ4n) is 2.88. The third-order valence-electron chi connectivity index (χ3n) is 3.75. The molecule has 1 aliphatic rings. The Hall–Kier alpha value is -1.55. The van der Waals surface area contributed by atoms with E-state index in [0.717, 1.165) is 19.5 Å². The van der Waals surface area contributed by atoms with Crippen LogP contribution in [0.4, 0.5) is 5.69 Å². The standard InChI is InChI=1S/C15H22N2O2/c1-3-12-6-4-5-7-14(12)17-11(2)9-16-10-13(17)8-15(18)19/h4-7,11,13,16H,3,8-10H2,1-2H3,(H,18,19). The molecule has 0 radical (unpaired) electrons. The van der Waals surface area contributed by atoms with Crippen LogP contribution in [0.3, 0.4) is 0 Å². The number of aliphatic carboxylic acids is 1. The molecule has 1 saturated heterocycles. The summed E-state index contributed by atoms with van der Waals surface area (Å²) in [4.78, 5) is 13.3. The highest BCUT2D eigenvalue weighted by atomic mass is 16.4. The topological polar surface area (TPSA) is 52.6 Å². The number of anilines is 1. The average Bonchev–Trinajstić information content (AvgIpc) is 2.38. The molecule has 19 heavy (non-hydrogen) atoms. The van der Waals surface area contributed by atoms with Crippen LogP contribution in [0.15, 0.2) is 24.3 Å². The maximum Gasteiger partial charge on any atom is 0.305 e. The van der Waals surface area contributed by atoms with Gasteiger partial charge in [-0.3, -0.25) is 4.79 Å². The van der Waals surface area contributed by atoms with Crippen LogP contribution in [0.2, 0.25) is 0 Å². The summed E-state index contributed by atoms with van der Waals surface area (Å²) >= 11 is 0. The predicted molar refractivity (Wildman–Crippen MR) is 76.7 cm³/mol. The maximum absolute atomic E-state index is 11.1. The Bertz CT molecular complexity index is 448. The fraction of sp³-hybridized carbons (Fsp3) is 0.533. The van der Waals surface area contributed by atoms with E-state index in [4.69, 9.17) is 5.11 Å². The number of benzene rings is 1. The molecule has 2 unspecified atom stereocenters. The number of aryl methyl sites for hydroxylation is 1. The zero-order valence-corrected chi connectivity index (χ0v) is 11.6. The van der Waals surface area contributed by atoms with Gasteiger partial charge in [-0.15, -0.1) is 0 Å². The molecule has 0 aliphatic carbocycles. The monoisotopic (exact) mass is 262 g/mol. The van der Waals surface area contributed by atoms with E-state index in [1.165, 1.54) is 11.3 Å². The van der Waals surface area contributed by atoms with Gasteiger partial charge < -0.3 is 15.3 Å². The minimum Gasteiger partial charge on any atom is -0.481 e. The molecule has 2 atom stereocenters. The van der Waals surface area contributed by atoms with Crippen molar-refractivity contribution in [2.45, 2.75) is 38.8 Å². The van der Waals surface area contributed by atoms with E-state index < -0.39 is 5.97 Å². The van der Waals surface area contributed by atoms with Crippen LogP contribution >= 0.6 is 0 Å². The summed E-state index contributed by atoms with van der Waals surface area (Å²) in [6.45, 7) is 5.91. The largest absolute Gasteiger partial charge is 0.481 e. The van der Waals surface area contributed by atoms with Gasteiger partial charge in [-0.25, -0.2) is 0 Å². The van der Waals surface area contributed by atoms with Crippen LogP contribution in [0.5, 0.6) is 0 Å². The van der Waals surface area contributed by atoms with Gasteiger partial charge in [0.2, 0.25) is 0 Å². The van der Waals surface area contributed by atoms with Gasteiger partial charge in [-0.2, -0.15) is 0 Å². The van der Waals surface area contributed by atoms with Crippen LogP contribution in [0.1, 0.15) is 25.8 Å². The second-order valence-electron chi connectivity index (χ2n) is 5.15. The first kappa shape index (κ1) is 13.9. The van der Waals surface area contributed by atoms with E-state index in [0.29, 0.717) is 6.04 Å². The number of carbonyl (C=O) groups is 1. The Morgan fingerprint density at radius 2 is 2.16 bits per heavy atom. The van der Waals surface area contributed by atoms with Crippen molar-refractivity contribution in [2.24, 2.45) is 0 Å². The van der Waals surface area contributed by atoms with Crippen molar-refractivity contribution < 1.29 is 9.90 Å². The average molecular weight is 262 g/mol. The molecule has 0 amide bonds. The molecule has 2 rings (SSSR count). The third-order valence-corrected chi connectivity index (χ3v) is 3.75. The second-order valence-corrected chi connectivity index (χ2v) is 5.15. The second kappa shape index (κ2) is 6.06. The molecule has 1 aliphatic heterocycles. The van der Waals surface area contributed by atoms with E-state index in [-0.39, 0.29) is 12.5 Å². The Kier molecular flexibility index (Phi) is 4.43. The van der Waals surface area contributed by atoms with Gasteiger partial charge >= 0.3 is 5.97 Å². The lowest BCUT2D eigenvalue weighted by atomic mass is 10.0. The summed E-state index contributed by atoms with van der Waals surface area (Å²) in [5.41, 5.74) is 2.47. The lowest BCUT2D eigenvalue weighted by Crippen LogP contribution is -2.57. The van der Waals surface area contributed by atoms with Crippen LogP contribution < -0.4 is 10.2 Å². The zero-order chi connectivity index (χ0) is 13.8. The van der Waals surface area contributed by atoms with E-state index in [1.807, 2.05) is 12.1 Å². The SMILES string of the molecule is CCc1ccccc1N1C(C)CNCC1CC(=O)O. The van der Waals surface area contributed by atoms with E-state index in [2.05, 4.69) is 36.2 Å². The first-order chi connectivity index (χ1) is 9.13. The number of piperazine rings is 1. The van der Waals surface area contributed by atoms with Gasteiger partial charge in [0.25, 0.3) is 0 Å². The number of carboxylic acids is 1. The Morgan fingerprint density at radius 3 is 2.84 bits per heavy atom. The minimum absolute atomic E-state index is 0.0222. The Morgan fingerprint density at radius 1 is 1.42 bits per heavy atom.